The van der Waals surface area contributed by atoms with Crippen molar-refractivity contribution in [3.63, 3.8) is 0 Å². The smallest absolute Gasteiger partial charge is 0.264 e. The number of nitrogens with one attached hydrogen (secondary N) is 1. The molecule has 3 N–H and O–H groups in total. The van der Waals surface area contributed by atoms with Gasteiger partial charge in [-0.1, -0.05) is 41.6 Å². The van der Waals surface area contributed by atoms with Crippen LogP contribution in [-0.4, -0.2) is 34.9 Å². The Bertz CT molecular complexity index is 2200. The second kappa shape index (κ2) is 10.5. The van der Waals surface area contributed by atoms with Gasteiger partial charge in [0.25, 0.3) is 11.5 Å². The van der Waals surface area contributed by atoms with E-state index < -0.39 is 11.9 Å². The molecule has 1 atom stereocenters. The zero-order chi connectivity index (χ0) is 29.7. The molecule has 0 fully saturated rings. The summed E-state index contributed by atoms with van der Waals surface area (Å²) in [5.41, 5.74) is 10.0. The van der Waals surface area contributed by atoms with Gasteiger partial charge in [0.2, 0.25) is 0 Å². The Morgan fingerprint density at radius 2 is 1.95 bits per heavy atom. The summed E-state index contributed by atoms with van der Waals surface area (Å²) in [7, 11) is 0. The molecule has 2 aromatic carbocycles. The third-order valence-electron chi connectivity index (χ3n) is 7.65. The Morgan fingerprint density at radius 3 is 2.81 bits per heavy atom. The number of carbonyl (C=O) groups excluding carboxylic acids is 1. The maximum absolute atomic E-state index is 14.4. The first-order valence-corrected chi connectivity index (χ1v) is 14.2. The van der Waals surface area contributed by atoms with Crippen molar-refractivity contribution < 1.29 is 4.79 Å². The van der Waals surface area contributed by atoms with Crippen LogP contribution in [0, 0.1) is 11.8 Å². The SMILES string of the molecule is CC(NC(=O)c1c(N)nn2cccnc12)c1cc2cccc(C#Cc3cnn4c3CCC4)c2c(=O)n1-c1cccc(Cl)c1. The van der Waals surface area contributed by atoms with Gasteiger partial charge in [0.15, 0.2) is 11.5 Å². The van der Waals surface area contributed by atoms with Crippen LogP contribution in [0.4, 0.5) is 5.82 Å². The number of anilines is 1. The van der Waals surface area contributed by atoms with Crippen molar-refractivity contribution in [3.8, 4) is 17.5 Å². The second-order valence-corrected chi connectivity index (χ2v) is 10.8. The van der Waals surface area contributed by atoms with Crippen LogP contribution in [0.2, 0.25) is 5.02 Å². The van der Waals surface area contributed by atoms with Crippen LogP contribution in [0.15, 0.2) is 78.0 Å². The van der Waals surface area contributed by atoms with E-state index in [0.29, 0.717) is 38.4 Å². The number of amides is 1. The van der Waals surface area contributed by atoms with Gasteiger partial charge in [0.1, 0.15) is 5.56 Å². The number of halogens is 1. The number of aromatic nitrogens is 6. The zero-order valence-corrected chi connectivity index (χ0v) is 23.8. The van der Waals surface area contributed by atoms with E-state index in [4.69, 9.17) is 17.3 Å². The Labute approximate surface area is 250 Å². The normalized spacial score (nSPS) is 13.1. The number of nitrogens with zero attached hydrogens (tertiary/aromatic N) is 6. The molecular weight excluding hydrogens is 564 g/mol. The minimum atomic E-state index is -0.619. The molecule has 0 spiro atoms. The van der Waals surface area contributed by atoms with Gasteiger partial charge in [-0.15, -0.1) is 5.10 Å². The third kappa shape index (κ3) is 4.60. The Morgan fingerprint density at radius 1 is 1.12 bits per heavy atom. The number of pyridine rings is 1. The van der Waals surface area contributed by atoms with Gasteiger partial charge in [0.05, 0.1) is 34.6 Å². The van der Waals surface area contributed by atoms with E-state index in [9.17, 15) is 9.59 Å². The van der Waals surface area contributed by atoms with Crippen molar-refractivity contribution in [1.29, 1.82) is 0 Å². The molecule has 1 unspecified atom stereocenters. The highest BCUT2D eigenvalue weighted by atomic mass is 35.5. The number of hydrogen-bond donors (Lipinski definition) is 2. The standard InChI is InChI=1S/C32H25ClN8O2/c1-19(37-31(42)28-29(34)38-40-15-5-13-35-30(28)40)26-16-21-7-2-6-20(11-12-22-18-36-39-14-4-10-25(22)39)27(21)32(43)41(26)24-9-3-8-23(33)17-24/h2-3,5-9,13,15-19H,4,10,14H2,1H3,(H2,34,38)(H,37,42). The van der Waals surface area contributed by atoms with Gasteiger partial charge in [-0.3, -0.25) is 18.8 Å². The number of rotatable bonds is 4. The van der Waals surface area contributed by atoms with E-state index in [1.165, 1.54) is 4.52 Å². The minimum Gasteiger partial charge on any atom is -0.381 e. The van der Waals surface area contributed by atoms with E-state index in [1.807, 2.05) is 28.9 Å². The summed E-state index contributed by atoms with van der Waals surface area (Å²) in [6, 6.07) is 15.6. The Balaban J connectivity index is 1.35. The highest BCUT2D eigenvalue weighted by Gasteiger charge is 2.24. The summed E-state index contributed by atoms with van der Waals surface area (Å²) in [5, 5.41) is 13.3. The van der Waals surface area contributed by atoms with Crippen LogP contribution in [0.1, 0.15) is 52.3 Å². The second-order valence-electron chi connectivity index (χ2n) is 10.4. The molecule has 5 heterocycles. The van der Waals surface area contributed by atoms with Crippen molar-refractivity contribution in [2.45, 2.75) is 32.4 Å². The number of aryl methyl sites for hydroxylation is 1. The number of benzene rings is 2. The number of nitrogen functional groups attached to an aromatic ring is 1. The van der Waals surface area contributed by atoms with Crippen molar-refractivity contribution >= 4 is 39.7 Å². The fourth-order valence-corrected chi connectivity index (χ4v) is 5.84. The average molecular weight is 589 g/mol. The number of fused-ring (bicyclic) bond motifs is 3. The average Bonchev–Trinajstić information content (AvgIpc) is 3.70. The Kier molecular flexibility index (Phi) is 6.44. The first kappa shape index (κ1) is 26.5. The highest BCUT2D eigenvalue weighted by Crippen LogP contribution is 2.26. The van der Waals surface area contributed by atoms with Crippen molar-refractivity contribution in [2.24, 2.45) is 0 Å². The zero-order valence-electron chi connectivity index (χ0n) is 23.1. The van der Waals surface area contributed by atoms with Gasteiger partial charge in [-0.05, 0) is 61.5 Å². The molecule has 1 amide bonds. The van der Waals surface area contributed by atoms with Crippen LogP contribution in [0.3, 0.4) is 0 Å². The summed E-state index contributed by atoms with van der Waals surface area (Å²) in [4.78, 5) is 32.1. The van der Waals surface area contributed by atoms with Crippen LogP contribution < -0.4 is 16.6 Å². The Hall–Kier alpha value is -5.40. The molecule has 7 rings (SSSR count). The van der Waals surface area contributed by atoms with E-state index in [1.54, 1.807) is 60.4 Å². The number of nitrogens with two attached hydrogens (primary N) is 1. The largest absolute Gasteiger partial charge is 0.381 e. The van der Waals surface area contributed by atoms with E-state index in [0.717, 1.165) is 30.6 Å². The van der Waals surface area contributed by atoms with Crippen LogP contribution in [0.25, 0.3) is 22.1 Å². The van der Waals surface area contributed by atoms with Crippen molar-refractivity contribution in [3.05, 3.63) is 117 Å². The molecule has 6 aromatic rings. The summed E-state index contributed by atoms with van der Waals surface area (Å²) in [6.45, 7) is 2.70. The fourth-order valence-electron chi connectivity index (χ4n) is 5.65. The lowest BCUT2D eigenvalue weighted by Gasteiger charge is -2.21. The molecule has 1 aliphatic heterocycles. The first-order chi connectivity index (χ1) is 20.9. The molecule has 0 saturated carbocycles. The fraction of sp³-hybridized carbons (Fsp3) is 0.156. The number of carbonyl (C=O) groups is 1. The molecular formula is C32H25ClN8O2. The van der Waals surface area contributed by atoms with E-state index in [-0.39, 0.29) is 16.9 Å². The van der Waals surface area contributed by atoms with Gasteiger partial charge >= 0.3 is 0 Å². The predicted molar refractivity (Wildman–Crippen MR) is 164 cm³/mol. The summed E-state index contributed by atoms with van der Waals surface area (Å²) < 4.78 is 5.01. The summed E-state index contributed by atoms with van der Waals surface area (Å²) in [6.07, 6.45) is 7.00. The molecule has 10 nitrogen and oxygen atoms in total. The van der Waals surface area contributed by atoms with E-state index in [2.05, 4.69) is 32.3 Å². The molecule has 4 aromatic heterocycles. The minimum absolute atomic E-state index is 0.0569. The number of hydrogen-bond acceptors (Lipinski definition) is 6. The first-order valence-electron chi connectivity index (χ1n) is 13.8. The van der Waals surface area contributed by atoms with Crippen molar-refractivity contribution in [2.75, 3.05) is 5.73 Å². The van der Waals surface area contributed by atoms with Crippen molar-refractivity contribution in [1.82, 2.24) is 34.3 Å². The lowest BCUT2D eigenvalue weighted by atomic mass is 10.0. The maximum atomic E-state index is 14.4. The molecule has 43 heavy (non-hydrogen) atoms. The van der Waals surface area contributed by atoms with Crippen LogP contribution >= 0.6 is 11.6 Å². The maximum Gasteiger partial charge on any atom is 0.264 e. The predicted octanol–water partition coefficient (Wildman–Crippen LogP) is 4.30. The van der Waals surface area contributed by atoms with Gasteiger partial charge < -0.3 is 11.1 Å². The molecule has 0 saturated heterocycles. The quantitative estimate of drug-likeness (QED) is 0.296. The summed E-state index contributed by atoms with van der Waals surface area (Å²) >= 11 is 6.36. The molecule has 0 bridgehead atoms. The van der Waals surface area contributed by atoms with E-state index >= 15 is 0 Å². The molecule has 11 heteroatoms. The lowest BCUT2D eigenvalue weighted by Crippen LogP contribution is -2.32. The van der Waals surface area contributed by atoms with Gasteiger partial charge in [0, 0.05) is 35.2 Å². The lowest BCUT2D eigenvalue weighted by molar-refractivity contribution is 0.0941. The van der Waals surface area contributed by atoms with Crippen LogP contribution in [-0.2, 0) is 13.0 Å². The third-order valence-corrected chi connectivity index (χ3v) is 7.88. The topological polar surface area (TPSA) is 125 Å². The van der Waals surface area contributed by atoms with Gasteiger partial charge in [-0.2, -0.15) is 5.10 Å². The molecule has 0 aliphatic carbocycles. The molecule has 0 radical (unpaired) electrons. The monoisotopic (exact) mass is 588 g/mol. The summed E-state index contributed by atoms with van der Waals surface area (Å²) in [5.74, 6) is 6.07. The van der Waals surface area contributed by atoms with Gasteiger partial charge in [-0.25, -0.2) is 9.50 Å². The van der Waals surface area contributed by atoms with Crippen LogP contribution in [0.5, 0.6) is 0 Å². The highest BCUT2D eigenvalue weighted by molar-refractivity contribution is 6.30. The molecule has 212 valence electrons. The molecule has 1 aliphatic rings.